The van der Waals surface area contributed by atoms with Crippen molar-refractivity contribution in [3.8, 4) is 0 Å². The highest BCUT2D eigenvalue weighted by Gasteiger charge is 2.23. The fourth-order valence-corrected chi connectivity index (χ4v) is 4.09. The number of rotatable bonds is 5. The molecule has 2 aromatic rings. The minimum atomic E-state index is -3.98. The normalized spacial score (nSPS) is 11.5. The number of carbonyl (C=O) groups is 1. The number of carboxylic acids is 1. The predicted molar refractivity (Wildman–Crippen MR) is 94.5 cm³/mol. The van der Waals surface area contributed by atoms with Gasteiger partial charge >= 0.3 is 5.97 Å². The first-order valence-corrected chi connectivity index (χ1v) is 9.14. The molecule has 0 aliphatic carbocycles. The molecule has 0 aromatic heterocycles. The molecule has 0 atom stereocenters. The monoisotopic (exact) mass is 367 g/mol. The van der Waals surface area contributed by atoms with Crippen molar-refractivity contribution < 1.29 is 18.3 Å². The van der Waals surface area contributed by atoms with E-state index in [0.29, 0.717) is 5.56 Å². The van der Waals surface area contributed by atoms with E-state index in [4.69, 9.17) is 16.7 Å². The van der Waals surface area contributed by atoms with Crippen molar-refractivity contribution >= 4 is 33.3 Å². The molecule has 24 heavy (non-hydrogen) atoms. The standard InChI is InChI=1S/C17H18ClNO4S/c1-10(2)13-6-5-12(17(20)21)9-16(13)24(22,23)19-15-7-4-11(3)8-14(15)18/h4-10,19H,1-3H3,(H,20,21). The Balaban J connectivity index is 2.55. The van der Waals surface area contributed by atoms with Gasteiger partial charge in [0.05, 0.1) is 21.2 Å². The van der Waals surface area contributed by atoms with Crippen LogP contribution < -0.4 is 4.72 Å². The zero-order valence-electron chi connectivity index (χ0n) is 13.5. The molecule has 2 N–H and O–H groups in total. The van der Waals surface area contributed by atoms with Gasteiger partial charge in [-0.2, -0.15) is 0 Å². The topological polar surface area (TPSA) is 83.5 Å². The van der Waals surface area contributed by atoms with Crippen LogP contribution in [0.2, 0.25) is 5.02 Å². The smallest absolute Gasteiger partial charge is 0.335 e. The van der Waals surface area contributed by atoms with Gasteiger partial charge in [-0.3, -0.25) is 4.72 Å². The summed E-state index contributed by atoms with van der Waals surface area (Å²) in [6.07, 6.45) is 0. The average Bonchev–Trinajstić information content (AvgIpc) is 2.49. The number of sulfonamides is 1. The van der Waals surface area contributed by atoms with Crippen molar-refractivity contribution in [1.29, 1.82) is 0 Å². The lowest BCUT2D eigenvalue weighted by Crippen LogP contribution is -2.17. The Morgan fingerprint density at radius 3 is 2.38 bits per heavy atom. The molecule has 0 saturated carbocycles. The number of benzene rings is 2. The lowest BCUT2D eigenvalue weighted by molar-refractivity contribution is 0.0696. The van der Waals surface area contributed by atoms with Gasteiger partial charge in [-0.25, -0.2) is 13.2 Å². The lowest BCUT2D eigenvalue weighted by atomic mass is 10.0. The zero-order chi connectivity index (χ0) is 18.1. The average molecular weight is 368 g/mol. The third kappa shape index (κ3) is 3.88. The number of hydrogen-bond donors (Lipinski definition) is 2. The van der Waals surface area contributed by atoms with Crippen LogP contribution in [0.5, 0.6) is 0 Å². The van der Waals surface area contributed by atoms with E-state index in [1.54, 1.807) is 18.2 Å². The molecule has 0 aliphatic heterocycles. The van der Waals surface area contributed by atoms with E-state index in [9.17, 15) is 13.2 Å². The molecule has 0 aliphatic rings. The number of carboxylic acid groups (broad SMARTS) is 1. The molecule has 0 unspecified atom stereocenters. The second-order valence-corrected chi connectivity index (χ2v) is 7.86. The molecule has 0 spiro atoms. The van der Waals surface area contributed by atoms with Gasteiger partial charge in [0.25, 0.3) is 10.0 Å². The second-order valence-electron chi connectivity index (χ2n) is 5.80. The van der Waals surface area contributed by atoms with Crippen LogP contribution in [0.25, 0.3) is 0 Å². The van der Waals surface area contributed by atoms with E-state index in [1.807, 2.05) is 20.8 Å². The summed E-state index contributed by atoms with van der Waals surface area (Å²) in [6.45, 7) is 5.53. The Hall–Kier alpha value is -2.05. The van der Waals surface area contributed by atoms with Crippen LogP contribution in [-0.2, 0) is 10.0 Å². The number of anilines is 1. The van der Waals surface area contributed by atoms with E-state index in [0.717, 1.165) is 5.56 Å². The number of halogens is 1. The first-order chi connectivity index (χ1) is 11.1. The van der Waals surface area contributed by atoms with Crippen molar-refractivity contribution in [1.82, 2.24) is 0 Å². The summed E-state index contributed by atoms with van der Waals surface area (Å²) < 4.78 is 28.0. The van der Waals surface area contributed by atoms with Gasteiger partial charge in [0.1, 0.15) is 0 Å². The van der Waals surface area contributed by atoms with Gasteiger partial charge in [0.15, 0.2) is 0 Å². The van der Waals surface area contributed by atoms with Gasteiger partial charge in [-0.05, 0) is 48.2 Å². The Bertz CT molecular complexity index is 891. The third-order valence-corrected chi connectivity index (χ3v) is 5.27. The largest absolute Gasteiger partial charge is 0.478 e. The summed E-state index contributed by atoms with van der Waals surface area (Å²) in [4.78, 5) is 11.1. The van der Waals surface area contributed by atoms with Crippen molar-refractivity contribution in [3.05, 3.63) is 58.1 Å². The van der Waals surface area contributed by atoms with Gasteiger partial charge in [0.2, 0.25) is 0 Å². The molecule has 2 rings (SSSR count). The van der Waals surface area contributed by atoms with Crippen LogP contribution in [0.15, 0.2) is 41.3 Å². The summed E-state index contributed by atoms with van der Waals surface area (Å²) >= 11 is 6.09. The predicted octanol–water partition coefficient (Wildman–Crippen LogP) is 4.27. The summed E-state index contributed by atoms with van der Waals surface area (Å²) in [7, 11) is -3.98. The Morgan fingerprint density at radius 1 is 1.17 bits per heavy atom. The van der Waals surface area contributed by atoms with E-state index in [1.165, 1.54) is 18.2 Å². The summed E-state index contributed by atoms with van der Waals surface area (Å²) in [5, 5.41) is 9.41. The maximum atomic E-state index is 12.8. The molecule has 2 aromatic carbocycles. The van der Waals surface area contributed by atoms with Crippen molar-refractivity contribution in [3.63, 3.8) is 0 Å². The molecule has 0 bridgehead atoms. The Kier molecular flexibility index (Phi) is 5.20. The molecular weight excluding hydrogens is 350 g/mol. The molecular formula is C17H18ClNO4S. The quantitative estimate of drug-likeness (QED) is 0.826. The molecule has 0 fully saturated rings. The van der Waals surface area contributed by atoms with Gasteiger partial charge in [-0.1, -0.05) is 37.6 Å². The summed E-state index contributed by atoms with van der Waals surface area (Å²) in [5.41, 5.74) is 1.60. The van der Waals surface area contributed by atoms with Gasteiger partial charge in [0, 0.05) is 0 Å². The maximum absolute atomic E-state index is 12.8. The lowest BCUT2D eigenvalue weighted by Gasteiger charge is -2.16. The van der Waals surface area contributed by atoms with E-state index >= 15 is 0 Å². The molecule has 7 heteroatoms. The van der Waals surface area contributed by atoms with Crippen molar-refractivity contribution in [2.24, 2.45) is 0 Å². The highest BCUT2D eigenvalue weighted by Crippen LogP contribution is 2.29. The minimum Gasteiger partial charge on any atom is -0.478 e. The van der Waals surface area contributed by atoms with Crippen molar-refractivity contribution in [2.75, 3.05) is 4.72 Å². The molecule has 0 heterocycles. The number of aryl methyl sites for hydroxylation is 1. The van der Waals surface area contributed by atoms with Crippen LogP contribution >= 0.6 is 11.6 Å². The Labute approximate surface area is 146 Å². The van der Waals surface area contributed by atoms with Gasteiger partial charge in [-0.15, -0.1) is 0 Å². The SMILES string of the molecule is Cc1ccc(NS(=O)(=O)c2cc(C(=O)O)ccc2C(C)C)c(Cl)c1. The second kappa shape index (κ2) is 6.83. The van der Waals surface area contributed by atoms with Gasteiger partial charge < -0.3 is 5.11 Å². The summed E-state index contributed by atoms with van der Waals surface area (Å²) in [5.74, 6) is -1.27. The van der Waals surface area contributed by atoms with E-state index in [-0.39, 0.29) is 27.1 Å². The van der Waals surface area contributed by atoms with E-state index in [2.05, 4.69) is 4.72 Å². The minimum absolute atomic E-state index is 0.0611. The first-order valence-electron chi connectivity index (χ1n) is 7.28. The van der Waals surface area contributed by atoms with E-state index < -0.39 is 16.0 Å². The van der Waals surface area contributed by atoms with Crippen LogP contribution in [0, 0.1) is 6.92 Å². The third-order valence-electron chi connectivity index (χ3n) is 3.54. The fourth-order valence-electron chi connectivity index (χ4n) is 2.28. The Morgan fingerprint density at radius 2 is 1.83 bits per heavy atom. The summed E-state index contributed by atoms with van der Waals surface area (Å²) in [6, 6.07) is 9.06. The number of aromatic carboxylic acids is 1. The fraction of sp³-hybridized carbons (Fsp3) is 0.235. The molecule has 5 nitrogen and oxygen atoms in total. The first kappa shape index (κ1) is 18.3. The number of nitrogens with one attached hydrogen (secondary N) is 1. The molecule has 0 saturated heterocycles. The molecule has 0 amide bonds. The van der Waals surface area contributed by atoms with Crippen LogP contribution in [0.1, 0.15) is 41.3 Å². The highest BCUT2D eigenvalue weighted by atomic mass is 35.5. The van der Waals surface area contributed by atoms with Crippen LogP contribution in [0.3, 0.4) is 0 Å². The maximum Gasteiger partial charge on any atom is 0.335 e. The highest BCUT2D eigenvalue weighted by molar-refractivity contribution is 7.92. The molecule has 0 radical (unpaired) electrons. The van der Waals surface area contributed by atoms with Crippen molar-refractivity contribution in [2.45, 2.75) is 31.6 Å². The van der Waals surface area contributed by atoms with Crippen LogP contribution in [0.4, 0.5) is 5.69 Å². The number of hydrogen-bond acceptors (Lipinski definition) is 3. The molecule has 128 valence electrons. The van der Waals surface area contributed by atoms with Crippen LogP contribution in [-0.4, -0.2) is 19.5 Å². The zero-order valence-corrected chi connectivity index (χ0v) is 15.1.